The van der Waals surface area contributed by atoms with Crippen molar-refractivity contribution in [2.45, 2.75) is 43.7 Å². The van der Waals surface area contributed by atoms with Crippen LogP contribution in [0.25, 0.3) is 0 Å². The molecule has 26 heavy (non-hydrogen) atoms. The van der Waals surface area contributed by atoms with Gasteiger partial charge in [-0.05, 0) is 24.5 Å². The van der Waals surface area contributed by atoms with Gasteiger partial charge in [0.1, 0.15) is 16.7 Å². The zero-order valence-electron chi connectivity index (χ0n) is 15.5. The summed E-state index contributed by atoms with van der Waals surface area (Å²) in [5, 5.41) is 2.65. The Morgan fingerprint density at radius 1 is 1.27 bits per heavy atom. The van der Waals surface area contributed by atoms with Crippen molar-refractivity contribution in [1.82, 2.24) is 14.5 Å². The second-order valence-electron chi connectivity index (χ2n) is 7.26. The number of rotatable bonds is 2. The van der Waals surface area contributed by atoms with E-state index >= 15 is 0 Å². The van der Waals surface area contributed by atoms with Crippen LogP contribution in [-0.4, -0.2) is 62.5 Å². The molecule has 3 rings (SSSR count). The lowest BCUT2D eigenvalue weighted by atomic mass is 10.0. The number of amides is 2. The number of nitrogens with one attached hydrogen (secondary N) is 1. The van der Waals surface area contributed by atoms with Crippen molar-refractivity contribution in [2.24, 2.45) is 5.92 Å². The lowest BCUT2D eigenvalue weighted by Crippen LogP contribution is -2.48. The van der Waals surface area contributed by atoms with Gasteiger partial charge in [0.2, 0.25) is 10.0 Å². The Balaban J connectivity index is 2.01. The Kier molecular flexibility index (Phi) is 5.43. The Hall–Kier alpha value is -1.80. The first kappa shape index (κ1) is 19.0. The molecule has 7 nitrogen and oxygen atoms in total. The Morgan fingerprint density at radius 3 is 2.65 bits per heavy atom. The molecule has 8 heteroatoms. The van der Waals surface area contributed by atoms with E-state index in [1.165, 1.54) is 0 Å². The molecule has 2 atom stereocenters. The molecule has 144 valence electrons. The van der Waals surface area contributed by atoms with Crippen molar-refractivity contribution in [1.29, 1.82) is 0 Å². The third-order valence-electron chi connectivity index (χ3n) is 4.94. The molecule has 1 saturated heterocycles. The molecule has 2 heterocycles. The van der Waals surface area contributed by atoms with Gasteiger partial charge in [-0.3, -0.25) is 0 Å². The molecule has 2 aliphatic heterocycles. The predicted molar refractivity (Wildman–Crippen MR) is 98.6 cm³/mol. The van der Waals surface area contributed by atoms with Crippen LogP contribution in [0.1, 0.15) is 26.7 Å². The number of benzene rings is 1. The largest absolute Gasteiger partial charge is 0.487 e. The fraction of sp³-hybridized carbons (Fsp3) is 0.611. The van der Waals surface area contributed by atoms with Crippen molar-refractivity contribution < 1.29 is 17.9 Å². The second kappa shape index (κ2) is 7.44. The highest BCUT2D eigenvalue weighted by Gasteiger charge is 2.43. The van der Waals surface area contributed by atoms with Crippen molar-refractivity contribution in [3.8, 4) is 5.75 Å². The van der Waals surface area contributed by atoms with Crippen LogP contribution in [0, 0.1) is 5.92 Å². The van der Waals surface area contributed by atoms with Crippen LogP contribution >= 0.6 is 0 Å². The topological polar surface area (TPSA) is 79.0 Å². The molecule has 1 aromatic rings. The summed E-state index contributed by atoms with van der Waals surface area (Å²) in [5.74, 6) is 0.594. The first-order valence-electron chi connectivity index (χ1n) is 9.08. The monoisotopic (exact) mass is 381 g/mol. The van der Waals surface area contributed by atoms with E-state index in [9.17, 15) is 13.2 Å². The van der Waals surface area contributed by atoms with E-state index in [1.54, 1.807) is 40.5 Å². The molecule has 0 spiro atoms. The lowest BCUT2D eigenvalue weighted by molar-refractivity contribution is 0.108. The molecule has 2 aliphatic rings. The van der Waals surface area contributed by atoms with Gasteiger partial charge >= 0.3 is 6.03 Å². The van der Waals surface area contributed by atoms with E-state index < -0.39 is 10.0 Å². The molecule has 0 aromatic heterocycles. The van der Waals surface area contributed by atoms with Gasteiger partial charge in [-0.1, -0.05) is 26.0 Å². The maximum absolute atomic E-state index is 13.4. The maximum atomic E-state index is 13.4. The number of para-hydroxylation sites is 1. The average molecular weight is 381 g/mol. The highest BCUT2D eigenvalue weighted by molar-refractivity contribution is 7.89. The molecular weight excluding hydrogens is 354 g/mol. The zero-order valence-corrected chi connectivity index (χ0v) is 16.3. The predicted octanol–water partition coefficient (Wildman–Crippen LogP) is 1.90. The minimum Gasteiger partial charge on any atom is -0.487 e. The molecule has 0 unspecified atom stereocenters. The van der Waals surface area contributed by atoms with Crippen molar-refractivity contribution in [3.63, 3.8) is 0 Å². The zero-order chi connectivity index (χ0) is 18.9. The standard InChI is InChI=1S/C18H27N3O4S/c1-13(2)12-21-14-8-10-20(18(22)19-3)11-9-15(14)25-16-6-4-5-7-17(16)26(21,23)24/h4-7,13-15H,8-12H2,1-3H3,(H,19,22)/t14-,15-/m0/s1. The first-order valence-corrected chi connectivity index (χ1v) is 10.5. The molecular formula is C18H27N3O4S. The molecule has 0 aliphatic carbocycles. The van der Waals surface area contributed by atoms with E-state index in [2.05, 4.69) is 5.32 Å². The summed E-state index contributed by atoms with van der Waals surface area (Å²) in [6, 6.07) is 6.41. The van der Waals surface area contributed by atoms with Gasteiger partial charge in [0.15, 0.2) is 0 Å². The molecule has 0 saturated carbocycles. The number of fused-ring (bicyclic) bond motifs is 2. The summed E-state index contributed by atoms with van der Waals surface area (Å²) in [6.07, 6.45) is 0.871. The number of hydrogen-bond donors (Lipinski definition) is 1. The molecule has 0 radical (unpaired) electrons. The Labute approximate surface area is 155 Å². The van der Waals surface area contributed by atoms with E-state index in [4.69, 9.17) is 4.74 Å². The van der Waals surface area contributed by atoms with Gasteiger partial charge in [-0.2, -0.15) is 4.31 Å². The summed E-state index contributed by atoms with van der Waals surface area (Å²) in [6.45, 7) is 5.50. The average Bonchev–Trinajstić information content (AvgIpc) is 2.85. The summed E-state index contributed by atoms with van der Waals surface area (Å²) in [7, 11) is -2.05. The first-order chi connectivity index (χ1) is 12.3. The quantitative estimate of drug-likeness (QED) is 0.849. The minimum absolute atomic E-state index is 0.139. The summed E-state index contributed by atoms with van der Waals surface area (Å²) < 4.78 is 34.5. The van der Waals surface area contributed by atoms with Crippen LogP contribution in [0.15, 0.2) is 29.2 Å². The fourth-order valence-corrected chi connectivity index (χ4v) is 5.68. The molecule has 2 amide bonds. The summed E-state index contributed by atoms with van der Waals surface area (Å²) in [4.78, 5) is 14.0. The second-order valence-corrected chi connectivity index (χ2v) is 9.12. The van der Waals surface area contributed by atoms with Crippen LogP contribution in [0.3, 0.4) is 0 Å². The molecule has 0 bridgehead atoms. The number of likely N-dealkylation sites (tertiary alicyclic amines) is 1. The highest BCUT2D eigenvalue weighted by Crippen LogP contribution is 2.36. The number of carbonyl (C=O) groups is 1. The molecule has 1 aromatic carbocycles. The van der Waals surface area contributed by atoms with Gasteiger partial charge in [0.25, 0.3) is 0 Å². The lowest BCUT2D eigenvalue weighted by Gasteiger charge is -2.32. The normalized spacial score (nSPS) is 25.5. The fourth-order valence-electron chi connectivity index (χ4n) is 3.71. The number of urea groups is 1. The Morgan fingerprint density at radius 2 is 1.96 bits per heavy atom. The number of nitrogens with zero attached hydrogens (tertiary/aromatic N) is 2. The van der Waals surface area contributed by atoms with Crippen LogP contribution in [0.4, 0.5) is 4.79 Å². The van der Waals surface area contributed by atoms with Crippen LogP contribution in [-0.2, 0) is 10.0 Å². The van der Waals surface area contributed by atoms with Crippen LogP contribution < -0.4 is 10.1 Å². The number of sulfonamides is 1. The summed E-state index contributed by atoms with van der Waals surface area (Å²) in [5.41, 5.74) is 0. The highest BCUT2D eigenvalue weighted by atomic mass is 32.2. The van der Waals surface area contributed by atoms with Crippen LogP contribution in [0.2, 0.25) is 0 Å². The third kappa shape index (κ3) is 3.53. The third-order valence-corrected chi connectivity index (χ3v) is 6.87. The SMILES string of the molecule is CNC(=O)N1CC[C@@H]2Oc3ccccc3S(=O)(=O)N(CC(C)C)[C@H]2CC1. The van der Waals surface area contributed by atoms with Crippen molar-refractivity contribution in [2.75, 3.05) is 26.7 Å². The van der Waals surface area contributed by atoms with E-state index in [0.29, 0.717) is 38.2 Å². The number of hydrogen-bond acceptors (Lipinski definition) is 4. The Bertz CT molecular complexity index is 765. The van der Waals surface area contributed by atoms with Crippen molar-refractivity contribution >= 4 is 16.1 Å². The maximum Gasteiger partial charge on any atom is 0.317 e. The van der Waals surface area contributed by atoms with Gasteiger partial charge < -0.3 is 15.0 Å². The van der Waals surface area contributed by atoms with Gasteiger partial charge in [0.05, 0.1) is 6.04 Å². The van der Waals surface area contributed by atoms with E-state index in [-0.39, 0.29) is 29.0 Å². The van der Waals surface area contributed by atoms with E-state index in [0.717, 1.165) is 0 Å². The summed E-state index contributed by atoms with van der Waals surface area (Å²) >= 11 is 0. The van der Waals surface area contributed by atoms with Crippen molar-refractivity contribution in [3.05, 3.63) is 24.3 Å². The number of ether oxygens (including phenoxy) is 1. The van der Waals surface area contributed by atoms with Crippen LogP contribution in [0.5, 0.6) is 5.75 Å². The number of carbonyl (C=O) groups excluding carboxylic acids is 1. The van der Waals surface area contributed by atoms with Gasteiger partial charge in [-0.15, -0.1) is 0 Å². The minimum atomic E-state index is -3.66. The molecule has 1 N–H and O–H groups in total. The smallest absolute Gasteiger partial charge is 0.317 e. The van der Waals surface area contributed by atoms with Gasteiger partial charge in [-0.25, -0.2) is 13.2 Å². The molecule has 1 fully saturated rings. The van der Waals surface area contributed by atoms with Gasteiger partial charge in [0, 0.05) is 33.1 Å². The van der Waals surface area contributed by atoms with E-state index in [1.807, 2.05) is 13.8 Å².